The van der Waals surface area contributed by atoms with Gasteiger partial charge >= 0.3 is 0 Å². The molecule has 1 aliphatic heterocycles. The van der Waals surface area contributed by atoms with E-state index in [4.69, 9.17) is 4.74 Å². The molecule has 2 aliphatic rings. The molecule has 1 saturated carbocycles. The van der Waals surface area contributed by atoms with Crippen molar-refractivity contribution in [1.29, 1.82) is 0 Å². The van der Waals surface area contributed by atoms with E-state index >= 15 is 0 Å². The number of aliphatic hydroxyl groups is 1. The van der Waals surface area contributed by atoms with Gasteiger partial charge in [-0.1, -0.05) is 18.2 Å². The zero-order chi connectivity index (χ0) is 18.1. The maximum atomic E-state index is 12.8. The van der Waals surface area contributed by atoms with Crippen LogP contribution in [-0.4, -0.2) is 55.2 Å². The Morgan fingerprint density at radius 1 is 1.23 bits per heavy atom. The molecule has 0 amide bonds. The second-order valence-electron chi connectivity index (χ2n) is 6.96. The Hall–Kier alpha value is -1.58. The van der Waals surface area contributed by atoms with Gasteiger partial charge < -0.3 is 9.84 Å². The lowest BCUT2D eigenvalue weighted by molar-refractivity contribution is 0.0271. The molecule has 2 fully saturated rings. The molecule has 1 aromatic carbocycles. The summed E-state index contributed by atoms with van der Waals surface area (Å²) in [7, 11) is -3.63. The summed E-state index contributed by atoms with van der Waals surface area (Å²) in [5.74, 6) is 0.0591. The van der Waals surface area contributed by atoms with Crippen molar-refractivity contribution >= 4 is 21.1 Å². The van der Waals surface area contributed by atoms with Gasteiger partial charge in [0.15, 0.2) is 0 Å². The molecule has 2 heterocycles. The van der Waals surface area contributed by atoms with Gasteiger partial charge in [0.05, 0.1) is 30.9 Å². The van der Waals surface area contributed by atoms with E-state index in [1.807, 2.05) is 30.3 Å². The van der Waals surface area contributed by atoms with E-state index in [9.17, 15) is 13.5 Å². The first-order valence-electron chi connectivity index (χ1n) is 8.91. The monoisotopic (exact) mass is 377 g/mol. The lowest BCUT2D eigenvalue weighted by Gasteiger charge is -2.39. The van der Waals surface area contributed by atoms with Gasteiger partial charge in [-0.3, -0.25) is 4.98 Å². The SMILES string of the molecule is O=S(=O)(N[C@@H](c1cnc2ccccc2c1)C1CC(O)C1)N1CCOCC1. The van der Waals surface area contributed by atoms with Crippen molar-refractivity contribution in [2.24, 2.45) is 5.92 Å². The normalized spacial score (nSPS) is 25.7. The van der Waals surface area contributed by atoms with Crippen molar-refractivity contribution in [1.82, 2.24) is 14.0 Å². The van der Waals surface area contributed by atoms with Crippen molar-refractivity contribution in [3.05, 3.63) is 42.1 Å². The Labute approximate surface area is 153 Å². The Morgan fingerprint density at radius 2 is 1.96 bits per heavy atom. The number of aromatic nitrogens is 1. The summed E-state index contributed by atoms with van der Waals surface area (Å²) in [6, 6.07) is 9.35. The van der Waals surface area contributed by atoms with Crippen LogP contribution in [0.25, 0.3) is 10.9 Å². The summed E-state index contributed by atoms with van der Waals surface area (Å²) >= 11 is 0. The molecule has 4 rings (SSSR count). The Bertz CT molecular complexity index is 877. The number of hydrogen-bond donors (Lipinski definition) is 2. The van der Waals surface area contributed by atoms with Crippen molar-refractivity contribution in [2.75, 3.05) is 26.3 Å². The Balaban J connectivity index is 1.63. The van der Waals surface area contributed by atoms with E-state index in [0.29, 0.717) is 39.1 Å². The summed E-state index contributed by atoms with van der Waals surface area (Å²) in [5, 5.41) is 10.7. The zero-order valence-corrected chi connectivity index (χ0v) is 15.2. The van der Waals surface area contributed by atoms with Crippen molar-refractivity contribution in [2.45, 2.75) is 25.0 Å². The second-order valence-corrected chi connectivity index (χ2v) is 8.66. The minimum atomic E-state index is -3.63. The van der Waals surface area contributed by atoms with Gasteiger partial charge in [-0.15, -0.1) is 0 Å². The molecule has 140 valence electrons. The summed E-state index contributed by atoms with van der Waals surface area (Å²) < 4.78 is 35.2. The summed E-state index contributed by atoms with van der Waals surface area (Å²) in [5.41, 5.74) is 1.71. The van der Waals surface area contributed by atoms with Crippen LogP contribution >= 0.6 is 0 Å². The summed E-state index contributed by atoms with van der Waals surface area (Å²) in [6.07, 6.45) is 2.55. The number of ether oxygens (including phenoxy) is 1. The summed E-state index contributed by atoms with van der Waals surface area (Å²) in [6.45, 7) is 1.52. The van der Waals surface area contributed by atoms with Gasteiger partial charge in [-0.2, -0.15) is 17.4 Å². The predicted molar refractivity (Wildman–Crippen MR) is 97.7 cm³/mol. The molecule has 26 heavy (non-hydrogen) atoms. The molecular formula is C18H23N3O4S. The number of pyridine rings is 1. The highest BCUT2D eigenvalue weighted by atomic mass is 32.2. The average Bonchev–Trinajstić information content (AvgIpc) is 2.64. The van der Waals surface area contributed by atoms with Crippen LogP contribution in [0.15, 0.2) is 36.5 Å². The van der Waals surface area contributed by atoms with Crippen LogP contribution < -0.4 is 4.72 Å². The molecule has 1 aliphatic carbocycles. The fourth-order valence-electron chi connectivity index (χ4n) is 3.62. The second kappa shape index (κ2) is 7.21. The van der Waals surface area contributed by atoms with Gasteiger partial charge in [0.25, 0.3) is 10.2 Å². The molecule has 2 N–H and O–H groups in total. The lowest BCUT2D eigenvalue weighted by atomic mass is 9.75. The number of hydrogen-bond acceptors (Lipinski definition) is 5. The molecule has 1 aromatic heterocycles. The van der Waals surface area contributed by atoms with Crippen molar-refractivity contribution in [3.63, 3.8) is 0 Å². The highest BCUT2D eigenvalue weighted by Crippen LogP contribution is 2.39. The number of aliphatic hydroxyl groups excluding tert-OH is 1. The number of rotatable bonds is 5. The van der Waals surface area contributed by atoms with Crippen LogP contribution in [-0.2, 0) is 14.9 Å². The third-order valence-corrected chi connectivity index (χ3v) is 6.77. The fourth-order valence-corrected chi connectivity index (χ4v) is 5.05. The topological polar surface area (TPSA) is 91.8 Å². The molecule has 1 saturated heterocycles. The molecular weight excluding hydrogens is 354 g/mol. The van der Waals surface area contributed by atoms with Crippen LogP contribution in [0.4, 0.5) is 0 Å². The van der Waals surface area contributed by atoms with E-state index in [2.05, 4.69) is 9.71 Å². The first-order chi connectivity index (χ1) is 12.5. The predicted octanol–water partition coefficient (Wildman–Crippen LogP) is 1.21. The van der Waals surface area contributed by atoms with Crippen LogP contribution in [0.3, 0.4) is 0 Å². The molecule has 2 aromatic rings. The lowest BCUT2D eigenvalue weighted by Crippen LogP contribution is -2.50. The molecule has 0 radical (unpaired) electrons. The Morgan fingerprint density at radius 3 is 2.69 bits per heavy atom. The van der Waals surface area contributed by atoms with E-state index in [0.717, 1.165) is 16.5 Å². The van der Waals surface area contributed by atoms with Crippen molar-refractivity contribution < 1.29 is 18.3 Å². The number of para-hydroxylation sites is 1. The molecule has 0 unspecified atom stereocenters. The molecule has 0 bridgehead atoms. The maximum Gasteiger partial charge on any atom is 0.280 e. The minimum Gasteiger partial charge on any atom is -0.393 e. The van der Waals surface area contributed by atoms with Crippen LogP contribution in [0.5, 0.6) is 0 Å². The van der Waals surface area contributed by atoms with Gasteiger partial charge in [-0.25, -0.2) is 0 Å². The van der Waals surface area contributed by atoms with E-state index in [1.165, 1.54) is 4.31 Å². The number of benzene rings is 1. The Kier molecular flexibility index (Phi) is 4.94. The van der Waals surface area contributed by atoms with Gasteiger partial charge in [0, 0.05) is 24.7 Å². The van der Waals surface area contributed by atoms with E-state index < -0.39 is 16.3 Å². The zero-order valence-electron chi connectivity index (χ0n) is 14.4. The first kappa shape index (κ1) is 17.8. The molecule has 8 heteroatoms. The quantitative estimate of drug-likeness (QED) is 0.817. The third kappa shape index (κ3) is 3.60. The van der Waals surface area contributed by atoms with Crippen LogP contribution in [0.2, 0.25) is 0 Å². The molecule has 1 atom stereocenters. The molecule has 7 nitrogen and oxygen atoms in total. The largest absolute Gasteiger partial charge is 0.393 e. The first-order valence-corrected chi connectivity index (χ1v) is 10.3. The average molecular weight is 377 g/mol. The van der Waals surface area contributed by atoms with Crippen LogP contribution in [0.1, 0.15) is 24.4 Å². The standard InChI is InChI=1S/C18H23N3O4S/c22-16-10-14(11-16)18(20-26(23,24)21-5-7-25-8-6-21)15-9-13-3-1-2-4-17(13)19-12-15/h1-4,9,12,14,16,18,20,22H,5-8,10-11H2/t14?,16?,18-/m1/s1. The van der Waals surface area contributed by atoms with Gasteiger partial charge in [0.1, 0.15) is 0 Å². The number of fused-ring (bicyclic) bond motifs is 1. The fraction of sp³-hybridized carbons (Fsp3) is 0.500. The maximum absolute atomic E-state index is 12.8. The number of morpholine rings is 1. The smallest absolute Gasteiger partial charge is 0.280 e. The van der Waals surface area contributed by atoms with Crippen molar-refractivity contribution in [3.8, 4) is 0 Å². The highest BCUT2D eigenvalue weighted by Gasteiger charge is 2.38. The summed E-state index contributed by atoms with van der Waals surface area (Å²) in [4.78, 5) is 4.47. The third-order valence-electron chi connectivity index (χ3n) is 5.18. The number of nitrogens with one attached hydrogen (secondary N) is 1. The van der Waals surface area contributed by atoms with Crippen LogP contribution in [0, 0.1) is 5.92 Å². The molecule has 0 spiro atoms. The number of nitrogens with zero attached hydrogens (tertiary/aromatic N) is 2. The van der Waals surface area contributed by atoms with Gasteiger partial charge in [0.2, 0.25) is 0 Å². The van der Waals surface area contributed by atoms with Gasteiger partial charge in [-0.05, 0) is 36.5 Å². The highest BCUT2D eigenvalue weighted by molar-refractivity contribution is 7.87. The van der Waals surface area contributed by atoms with E-state index in [-0.39, 0.29) is 12.0 Å². The van der Waals surface area contributed by atoms with E-state index in [1.54, 1.807) is 6.20 Å². The minimum absolute atomic E-state index is 0.0591.